The third-order valence-electron chi connectivity index (χ3n) is 6.72. The summed E-state index contributed by atoms with van der Waals surface area (Å²) >= 11 is 0. The number of fused-ring (bicyclic) bond motifs is 3. The smallest absolute Gasteiger partial charge is 0.350 e. The average molecular weight is 439 g/mol. The summed E-state index contributed by atoms with van der Waals surface area (Å²) in [5.41, 5.74) is 0.859. The lowest BCUT2D eigenvalue weighted by molar-refractivity contribution is -0.0305. The Labute approximate surface area is 184 Å². The maximum absolute atomic E-state index is 13.9. The fourth-order valence-corrected chi connectivity index (χ4v) is 5.14. The van der Waals surface area contributed by atoms with Gasteiger partial charge in [-0.3, -0.25) is 9.30 Å². The van der Waals surface area contributed by atoms with Gasteiger partial charge in [0.15, 0.2) is 5.65 Å². The van der Waals surface area contributed by atoms with E-state index in [-0.39, 0.29) is 30.8 Å². The van der Waals surface area contributed by atoms with E-state index in [2.05, 4.69) is 15.2 Å². The first-order valence-electron chi connectivity index (χ1n) is 11.1. The van der Waals surface area contributed by atoms with Gasteiger partial charge in [0.1, 0.15) is 11.9 Å². The molecule has 8 nitrogen and oxygen atoms in total. The number of halogens is 1. The summed E-state index contributed by atoms with van der Waals surface area (Å²) in [6.07, 6.45) is 5.54. The molecule has 2 fully saturated rings. The van der Waals surface area contributed by atoms with E-state index in [1.807, 2.05) is 12.1 Å². The predicted octanol–water partition coefficient (Wildman–Crippen LogP) is 2.98. The van der Waals surface area contributed by atoms with Crippen LogP contribution >= 0.6 is 0 Å². The molecule has 3 aromatic rings. The molecule has 9 heteroatoms. The Hall–Kier alpha value is -2.91. The molecule has 0 spiro atoms. The summed E-state index contributed by atoms with van der Waals surface area (Å²) in [6, 6.07) is 12.1. The highest BCUT2D eigenvalue weighted by atomic mass is 19.1. The lowest BCUT2D eigenvalue weighted by Gasteiger charge is -2.39. The van der Waals surface area contributed by atoms with Crippen LogP contribution in [0.5, 0.6) is 0 Å². The molecule has 0 aliphatic carbocycles. The second kappa shape index (κ2) is 8.91. The number of benzene rings is 1. The summed E-state index contributed by atoms with van der Waals surface area (Å²) < 4.78 is 22.7. The molecule has 168 valence electrons. The van der Waals surface area contributed by atoms with E-state index in [0.29, 0.717) is 29.8 Å². The maximum Gasteiger partial charge on any atom is 0.350 e. The van der Waals surface area contributed by atoms with Gasteiger partial charge in [0, 0.05) is 30.4 Å². The van der Waals surface area contributed by atoms with Gasteiger partial charge in [-0.25, -0.2) is 13.9 Å². The van der Waals surface area contributed by atoms with E-state index in [0.717, 1.165) is 25.7 Å². The zero-order valence-corrected chi connectivity index (χ0v) is 17.7. The Kier molecular flexibility index (Phi) is 5.84. The third kappa shape index (κ3) is 4.10. The minimum atomic E-state index is -0.559. The first-order valence-corrected chi connectivity index (χ1v) is 11.1. The molecule has 3 atom stereocenters. The SMILES string of the molecule is O=NC(CN1C2CCC1CC(OCc1ccccc1F)C2)Cn1nc2ccccn2c1=O. The molecule has 2 saturated heterocycles. The van der Waals surface area contributed by atoms with Crippen LogP contribution in [0.15, 0.2) is 58.6 Å². The minimum Gasteiger partial charge on any atom is -0.373 e. The van der Waals surface area contributed by atoms with Gasteiger partial charge in [-0.15, -0.1) is 5.10 Å². The number of piperidine rings is 1. The van der Waals surface area contributed by atoms with Gasteiger partial charge in [0.05, 0.1) is 19.3 Å². The first kappa shape index (κ1) is 21.0. The molecule has 0 N–H and O–H groups in total. The van der Waals surface area contributed by atoms with Gasteiger partial charge in [-0.05, 0) is 43.9 Å². The number of hydrogen-bond donors (Lipinski definition) is 0. The van der Waals surface area contributed by atoms with E-state index in [1.165, 1.54) is 15.1 Å². The quantitative estimate of drug-likeness (QED) is 0.504. The van der Waals surface area contributed by atoms with Crippen LogP contribution in [0.4, 0.5) is 4.39 Å². The molecule has 0 radical (unpaired) electrons. The van der Waals surface area contributed by atoms with E-state index < -0.39 is 6.04 Å². The second-order valence-corrected chi connectivity index (χ2v) is 8.73. The monoisotopic (exact) mass is 439 g/mol. The number of hydrogen-bond acceptors (Lipinski definition) is 6. The summed E-state index contributed by atoms with van der Waals surface area (Å²) in [7, 11) is 0. The molecule has 2 bridgehead atoms. The number of nitroso groups, excluding NO2 is 1. The lowest BCUT2D eigenvalue weighted by Crippen LogP contribution is -2.49. The van der Waals surface area contributed by atoms with Crippen LogP contribution in [0.2, 0.25) is 0 Å². The van der Waals surface area contributed by atoms with Crippen LogP contribution in [0.3, 0.4) is 0 Å². The zero-order chi connectivity index (χ0) is 22.1. The van der Waals surface area contributed by atoms with Crippen molar-refractivity contribution in [3.63, 3.8) is 0 Å². The molecule has 0 amide bonds. The highest BCUT2D eigenvalue weighted by molar-refractivity contribution is 5.35. The summed E-state index contributed by atoms with van der Waals surface area (Å²) in [5.74, 6) is -0.241. The van der Waals surface area contributed by atoms with Crippen molar-refractivity contribution in [1.82, 2.24) is 19.1 Å². The van der Waals surface area contributed by atoms with Gasteiger partial charge in [-0.1, -0.05) is 29.4 Å². The van der Waals surface area contributed by atoms with Crippen molar-refractivity contribution >= 4 is 5.65 Å². The largest absolute Gasteiger partial charge is 0.373 e. The maximum atomic E-state index is 13.9. The van der Waals surface area contributed by atoms with Crippen molar-refractivity contribution < 1.29 is 9.13 Å². The Morgan fingerprint density at radius 3 is 2.56 bits per heavy atom. The molecule has 2 aromatic heterocycles. The molecular formula is C23H26FN5O3. The molecule has 1 aromatic carbocycles. The summed E-state index contributed by atoms with van der Waals surface area (Å²) in [6.45, 7) is 0.929. The number of ether oxygens (including phenoxy) is 1. The van der Waals surface area contributed by atoms with Gasteiger partial charge >= 0.3 is 5.69 Å². The second-order valence-electron chi connectivity index (χ2n) is 8.73. The first-order chi connectivity index (χ1) is 15.6. The Balaban J connectivity index is 1.21. The van der Waals surface area contributed by atoms with Crippen LogP contribution < -0.4 is 5.69 Å². The molecular weight excluding hydrogens is 413 g/mol. The van der Waals surface area contributed by atoms with E-state index >= 15 is 0 Å². The molecule has 2 aliphatic heterocycles. The van der Waals surface area contributed by atoms with E-state index in [9.17, 15) is 14.1 Å². The summed E-state index contributed by atoms with van der Waals surface area (Å²) in [5, 5.41) is 7.63. The van der Waals surface area contributed by atoms with E-state index in [1.54, 1.807) is 30.5 Å². The highest BCUT2D eigenvalue weighted by Crippen LogP contribution is 2.37. The Bertz CT molecular complexity index is 1150. The minimum absolute atomic E-state index is 0.0760. The van der Waals surface area contributed by atoms with Crippen molar-refractivity contribution in [2.24, 2.45) is 5.18 Å². The summed E-state index contributed by atoms with van der Waals surface area (Å²) in [4.78, 5) is 26.5. The van der Waals surface area contributed by atoms with Gasteiger partial charge in [-0.2, -0.15) is 4.91 Å². The van der Waals surface area contributed by atoms with E-state index in [4.69, 9.17) is 4.74 Å². The fraction of sp³-hybridized carbons (Fsp3) is 0.478. The number of nitrogens with zero attached hydrogens (tertiary/aromatic N) is 5. The van der Waals surface area contributed by atoms with Crippen molar-refractivity contribution in [2.75, 3.05) is 6.54 Å². The van der Waals surface area contributed by atoms with Crippen molar-refractivity contribution in [3.8, 4) is 0 Å². The van der Waals surface area contributed by atoms with Gasteiger partial charge < -0.3 is 4.74 Å². The predicted molar refractivity (Wildman–Crippen MR) is 117 cm³/mol. The number of pyridine rings is 1. The molecule has 3 unspecified atom stereocenters. The highest BCUT2D eigenvalue weighted by Gasteiger charge is 2.42. The Morgan fingerprint density at radius 1 is 1.09 bits per heavy atom. The van der Waals surface area contributed by atoms with Crippen LogP contribution in [0.1, 0.15) is 31.2 Å². The topological polar surface area (TPSA) is 81.2 Å². The standard InChI is InChI=1S/C23H26FN5O3/c24-21-6-2-1-5-16(21)15-32-20-11-18-8-9-19(12-20)28(18)13-17(26-31)14-29-23(30)27-10-4-3-7-22(27)25-29/h1-7,10,17-20H,8-9,11-15H2. The van der Waals surface area contributed by atoms with Crippen molar-refractivity contribution in [1.29, 1.82) is 0 Å². The molecule has 5 rings (SSSR count). The van der Waals surface area contributed by atoms with Crippen molar-refractivity contribution in [3.05, 3.63) is 75.4 Å². The lowest BCUT2D eigenvalue weighted by atomic mass is 9.99. The molecule has 2 aliphatic rings. The van der Waals surface area contributed by atoms with Crippen LogP contribution in [-0.4, -0.2) is 49.9 Å². The van der Waals surface area contributed by atoms with Crippen LogP contribution in [0.25, 0.3) is 5.65 Å². The van der Waals surface area contributed by atoms with Crippen molar-refractivity contribution in [2.45, 2.75) is 63.1 Å². The molecule has 4 heterocycles. The average Bonchev–Trinajstić information content (AvgIpc) is 3.23. The number of aromatic nitrogens is 3. The van der Waals surface area contributed by atoms with Crippen LogP contribution in [-0.2, 0) is 17.9 Å². The third-order valence-corrected chi connectivity index (χ3v) is 6.72. The van der Waals surface area contributed by atoms with Gasteiger partial charge in [0.25, 0.3) is 0 Å². The molecule has 0 saturated carbocycles. The number of rotatable bonds is 8. The zero-order valence-electron chi connectivity index (χ0n) is 17.7. The Morgan fingerprint density at radius 2 is 1.84 bits per heavy atom. The molecule has 32 heavy (non-hydrogen) atoms. The fourth-order valence-electron chi connectivity index (χ4n) is 5.14. The van der Waals surface area contributed by atoms with Gasteiger partial charge in [0.2, 0.25) is 0 Å². The normalized spacial score (nSPS) is 24.1. The van der Waals surface area contributed by atoms with Crippen LogP contribution in [0, 0.1) is 10.7 Å².